The Morgan fingerprint density at radius 2 is 1.89 bits per heavy atom. The summed E-state index contributed by atoms with van der Waals surface area (Å²) in [6, 6.07) is 15.5. The number of aliphatic hydroxyl groups excluding tert-OH is 1. The molecule has 1 unspecified atom stereocenters. The van der Waals surface area contributed by atoms with Crippen LogP contribution in [0, 0.1) is 6.92 Å². The summed E-state index contributed by atoms with van der Waals surface area (Å²) in [6.07, 6.45) is 1.53. The lowest BCUT2D eigenvalue weighted by Gasteiger charge is -2.15. The van der Waals surface area contributed by atoms with Crippen molar-refractivity contribution in [3.63, 3.8) is 0 Å². The molecule has 0 aliphatic rings. The lowest BCUT2D eigenvalue weighted by Crippen LogP contribution is -2.04. The fourth-order valence-corrected chi connectivity index (χ4v) is 3.45. The second-order valence-corrected chi connectivity index (χ2v) is 6.70. The fraction of sp³-hybridized carbons (Fsp3) is 0.182. The van der Waals surface area contributed by atoms with Gasteiger partial charge in [-0.3, -0.25) is 4.98 Å². The quantitative estimate of drug-likeness (QED) is 0.539. The molecule has 2 aromatic carbocycles. The summed E-state index contributed by atoms with van der Waals surface area (Å²) in [5, 5.41) is 12.7. The van der Waals surface area contributed by atoms with Gasteiger partial charge in [0.2, 0.25) is 0 Å². The molecular weight excluding hydrogens is 338 g/mol. The number of methoxy groups -OCH3 is 1. The van der Waals surface area contributed by atoms with Crippen LogP contribution < -0.4 is 10.5 Å². The largest absolute Gasteiger partial charge is 0.497 e. The first kappa shape index (κ1) is 17.2. The van der Waals surface area contributed by atoms with Crippen molar-refractivity contribution < 1.29 is 9.84 Å². The van der Waals surface area contributed by atoms with E-state index in [0.29, 0.717) is 17.8 Å². The minimum Gasteiger partial charge on any atom is -0.497 e. The van der Waals surface area contributed by atoms with Gasteiger partial charge in [-0.15, -0.1) is 0 Å². The summed E-state index contributed by atoms with van der Waals surface area (Å²) in [5.74, 6) is 1.17. The Balaban J connectivity index is 1.82. The van der Waals surface area contributed by atoms with Crippen LogP contribution in [0.4, 0.5) is 5.82 Å². The van der Waals surface area contributed by atoms with Crippen LogP contribution >= 0.6 is 0 Å². The highest BCUT2D eigenvalue weighted by Crippen LogP contribution is 2.32. The van der Waals surface area contributed by atoms with Gasteiger partial charge < -0.3 is 15.6 Å². The van der Waals surface area contributed by atoms with Gasteiger partial charge in [-0.1, -0.05) is 24.3 Å². The molecule has 4 rings (SSSR count). The van der Waals surface area contributed by atoms with Crippen molar-refractivity contribution in [3.05, 3.63) is 71.4 Å². The Labute approximate surface area is 157 Å². The van der Waals surface area contributed by atoms with Crippen molar-refractivity contribution in [2.75, 3.05) is 12.8 Å². The van der Waals surface area contributed by atoms with E-state index >= 15 is 0 Å². The van der Waals surface area contributed by atoms with Gasteiger partial charge in [-0.25, -0.2) is 4.98 Å². The molecule has 136 valence electrons. The highest BCUT2D eigenvalue weighted by atomic mass is 16.5. The van der Waals surface area contributed by atoms with Crippen LogP contribution in [-0.2, 0) is 6.42 Å². The molecule has 5 nitrogen and oxygen atoms in total. The van der Waals surface area contributed by atoms with Crippen molar-refractivity contribution in [1.29, 1.82) is 0 Å². The van der Waals surface area contributed by atoms with Crippen LogP contribution in [-0.4, -0.2) is 22.2 Å². The van der Waals surface area contributed by atoms with Gasteiger partial charge in [0.1, 0.15) is 11.3 Å². The summed E-state index contributed by atoms with van der Waals surface area (Å²) in [5.41, 5.74) is 10.6. The molecular formula is C22H21N3O2. The number of fused-ring (bicyclic) bond motifs is 3. The van der Waals surface area contributed by atoms with E-state index in [2.05, 4.69) is 16.0 Å². The number of nitrogens with two attached hydrogens (primary N) is 1. The van der Waals surface area contributed by atoms with E-state index in [4.69, 9.17) is 10.5 Å². The van der Waals surface area contributed by atoms with Gasteiger partial charge in [0.25, 0.3) is 0 Å². The highest BCUT2D eigenvalue weighted by Gasteiger charge is 2.15. The average Bonchev–Trinajstić information content (AvgIpc) is 2.68. The summed E-state index contributed by atoms with van der Waals surface area (Å²) in [6.45, 7) is 2.03. The van der Waals surface area contributed by atoms with Gasteiger partial charge in [-0.05, 0) is 47.9 Å². The van der Waals surface area contributed by atoms with Gasteiger partial charge in [0, 0.05) is 23.4 Å². The van der Waals surface area contributed by atoms with Crippen LogP contribution in [0.3, 0.4) is 0 Å². The number of aromatic nitrogens is 2. The van der Waals surface area contributed by atoms with E-state index < -0.39 is 6.10 Å². The van der Waals surface area contributed by atoms with Crippen molar-refractivity contribution in [1.82, 2.24) is 9.97 Å². The van der Waals surface area contributed by atoms with Crippen molar-refractivity contribution >= 4 is 27.6 Å². The predicted molar refractivity (Wildman–Crippen MR) is 108 cm³/mol. The third-order valence-corrected chi connectivity index (χ3v) is 4.86. The average molecular weight is 359 g/mol. The first-order valence-electron chi connectivity index (χ1n) is 8.82. The third-order valence-electron chi connectivity index (χ3n) is 4.86. The molecule has 1 atom stereocenters. The maximum atomic E-state index is 10.8. The molecule has 0 saturated carbocycles. The molecule has 4 aromatic rings. The van der Waals surface area contributed by atoms with Gasteiger partial charge in [-0.2, -0.15) is 0 Å². The summed E-state index contributed by atoms with van der Waals surface area (Å²) in [4.78, 5) is 8.93. The Hall–Kier alpha value is -3.18. The summed E-state index contributed by atoms with van der Waals surface area (Å²) in [7, 11) is 1.62. The maximum absolute atomic E-state index is 10.8. The van der Waals surface area contributed by atoms with E-state index in [0.717, 1.165) is 38.7 Å². The standard InChI is InChI=1S/C22H21N3O2/c1-13-3-8-17-18(11-13)25-22(23)21-20(17)15(9-10-24-21)12-19(26)14-4-6-16(27-2)7-5-14/h3-11,19,26H,12H2,1-2H3,(H2,23,25). The monoisotopic (exact) mass is 359 g/mol. The van der Waals surface area contributed by atoms with Crippen molar-refractivity contribution in [3.8, 4) is 5.75 Å². The number of aliphatic hydroxyl groups is 1. The summed E-state index contributed by atoms with van der Waals surface area (Å²) < 4.78 is 5.19. The smallest absolute Gasteiger partial charge is 0.150 e. The van der Waals surface area contributed by atoms with E-state index in [1.807, 2.05) is 49.4 Å². The summed E-state index contributed by atoms with van der Waals surface area (Å²) >= 11 is 0. The maximum Gasteiger partial charge on any atom is 0.150 e. The van der Waals surface area contributed by atoms with Gasteiger partial charge in [0.15, 0.2) is 5.82 Å². The Bertz CT molecular complexity index is 1120. The number of ether oxygens (including phenoxy) is 1. The molecule has 27 heavy (non-hydrogen) atoms. The lowest BCUT2D eigenvalue weighted by atomic mass is 9.96. The second-order valence-electron chi connectivity index (χ2n) is 6.70. The van der Waals surface area contributed by atoms with Crippen LogP contribution in [0.2, 0.25) is 0 Å². The highest BCUT2D eigenvalue weighted by molar-refractivity contribution is 6.09. The molecule has 3 N–H and O–H groups in total. The molecule has 2 aromatic heterocycles. The molecule has 2 heterocycles. The van der Waals surface area contributed by atoms with Crippen LogP contribution in [0.1, 0.15) is 22.8 Å². The van der Waals surface area contributed by atoms with Crippen LogP contribution in [0.25, 0.3) is 21.8 Å². The molecule has 0 fully saturated rings. The minimum absolute atomic E-state index is 0.406. The van der Waals surface area contributed by atoms with Crippen LogP contribution in [0.5, 0.6) is 5.75 Å². The molecule has 0 spiro atoms. The van der Waals surface area contributed by atoms with E-state index in [1.54, 1.807) is 13.3 Å². The topological polar surface area (TPSA) is 81.3 Å². The van der Waals surface area contributed by atoms with E-state index in [1.165, 1.54) is 0 Å². The van der Waals surface area contributed by atoms with Crippen molar-refractivity contribution in [2.45, 2.75) is 19.4 Å². The van der Waals surface area contributed by atoms with Crippen LogP contribution in [0.15, 0.2) is 54.7 Å². The van der Waals surface area contributed by atoms with E-state index in [-0.39, 0.29) is 0 Å². The number of aryl methyl sites for hydroxylation is 1. The second kappa shape index (κ2) is 6.85. The zero-order valence-electron chi connectivity index (χ0n) is 15.3. The molecule has 0 saturated heterocycles. The zero-order valence-corrected chi connectivity index (χ0v) is 15.3. The predicted octanol–water partition coefficient (Wildman–Crippen LogP) is 3.96. The molecule has 0 bridgehead atoms. The number of nitrogens with zero attached hydrogens (tertiary/aromatic N) is 2. The zero-order chi connectivity index (χ0) is 19.0. The Kier molecular flexibility index (Phi) is 4.38. The SMILES string of the molecule is COc1ccc(C(O)Cc2ccnc3c(N)nc4cc(C)ccc4c23)cc1. The number of hydrogen-bond acceptors (Lipinski definition) is 5. The Morgan fingerprint density at radius 1 is 1.11 bits per heavy atom. The molecule has 0 amide bonds. The van der Waals surface area contributed by atoms with Crippen molar-refractivity contribution in [2.24, 2.45) is 0 Å². The number of nitrogen functional groups attached to an aromatic ring is 1. The minimum atomic E-state index is -0.642. The molecule has 0 aliphatic carbocycles. The van der Waals surface area contributed by atoms with Gasteiger partial charge >= 0.3 is 0 Å². The normalized spacial score (nSPS) is 12.4. The number of hydrogen-bond donors (Lipinski definition) is 2. The van der Waals surface area contributed by atoms with Gasteiger partial charge in [0.05, 0.1) is 18.7 Å². The number of pyridine rings is 2. The first-order chi connectivity index (χ1) is 13.1. The fourth-order valence-electron chi connectivity index (χ4n) is 3.45. The number of benzene rings is 2. The Morgan fingerprint density at radius 3 is 2.63 bits per heavy atom. The molecule has 0 radical (unpaired) electrons. The molecule has 5 heteroatoms. The first-order valence-corrected chi connectivity index (χ1v) is 8.82. The van der Waals surface area contributed by atoms with E-state index in [9.17, 15) is 5.11 Å². The molecule has 0 aliphatic heterocycles. The number of anilines is 1. The number of rotatable bonds is 4. The lowest BCUT2D eigenvalue weighted by molar-refractivity contribution is 0.179. The third kappa shape index (κ3) is 3.17.